The highest BCUT2D eigenvalue weighted by molar-refractivity contribution is 7.99. The zero-order chi connectivity index (χ0) is 11.8. The normalized spacial score (nSPS) is 10.1. The van der Waals surface area contributed by atoms with Crippen LogP contribution in [0, 0.1) is 5.41 Å². The molecule has 0 radical (unpaired) electrons. The van der Waals surface area contributed by atoms with Crippen molar-refractivity contribution in [1.29, 1.82) is 5.41 Å². The second-order valence-electron chi connectivity index (χ2n) is 3.34. The lowest BCUT2D eigenvalue weighted by molar-refractivity contribution is 0.318. The average molecular weight is 238 g/mol. The van der Waals surface area contributed by atoms with Crippen LogP contribution in [-0.4, -0.2) is 23.9 Å². The molecule has 0 fully saturated rings. The predicted molar refractivity (Wildman–Crippen MR) is 70.6 cm³/mol. The molecular formula is C12H18N2OS. The van der Waals surface area contributed by atoms with E-state index in [2.05, 4.69) is 6.92 Å². The van der Waals surface area contributed by atoms with Gasteiger partial charge in [-0.1, -0.05) is 6.92 Å². The van der Waals surface area contributed by atoms with Crippen LogP contribution in [-0.2, 0) is 0 Å². The second-order valence-corrected chi connectivity index (χ2v) is 4.73. The number of nitrogen functional groups attached to an aromatic ring is 1. The zero-order valence-corrected chi connectivity index (χ0v) is 10.3. The van der Waals surface area contributed by atoms with Gasteiger partial charge in [-0.05, 0) is 42.2 Å². The maximum atomic E-state index is 7.25. The van der Waals surface area contributed by atoms with Crippen LogP contribution >= 0.6 is 11.8 Å². The van der Waals surface area contributed by atoms with Crippen LogP contribution < -0.4 is 10.5 Å². The highest BCUT2D eigenvalue weighted by Gasteiger charge is 1.97. The van der Waals surface area contributed by atoms with E-state index in [0.29, 0.717) is 0 Å². The molecular weight excluding hydrogens is 220 g/mol. The molecule has 3 N–H and O–H groups in total. The van der Waals surface area contributed by atoms with E-state index in [1.165, 1.54) is 0 Å². The molecule has 0 saturated carbocycles. The summed E-state index contributed by atoms with van der Waals surface area (Å²) in [6.45, 7) is 2.90. The molecule has 0 aliphatic heterocycles. The van der Waals surface area contributed by atoms with Crippen LogP contribution in [0.15, 0.2) is 24.3 Å². The highest BCUT2D eigenvalue weighted by Crippen LogP contribution is 2.12. The van der Waals surface area contributed by atoms with Gasteiger partial charge in [0.2, 0.25) is 0 Å². The Morgan fingerprint density at radius 2 is 2.06 bits per heavy atom. The second kappa shape index (κ2) is 7.17. The van der Waals surface area contributed by atoms with E-state index in [9.17, 15) is 0 Å². The van der Waals surface area contributed by atoms with Crippen molar-refractivity contribution in [2.24, 2.45) is 5.73 Å². The first-order valence-corrected chi connectivity index (χ1v) is 6.54. The standard InChI is InChI=1S/C12H18N2OS/c1-2-16-9-3-8-15-11-6-4-10(5-7-11)12(13)14/h4-7H,2-3,8-9H2,1H3,(H3,13,14). The summed E-state index contributed by atoms with van der Waals surface area (Å²) in [4.78, 5) is 0. The van der Waals surface area contributed by atoms with E-state index in [4.69, 9.17) is 15.9 Å². The fourth-order valence-corrected chi connectivity index (χ4v) is 1.84. The zero-order valence-electron chi connectivity index (χ0n) is 9.53. The number of hydrogen-bond donors (Lipinski definition) is 2. The van der Waals surface area contributed by atoms with Crippen molar-refractivity contribution in [2.75, 3.05) is 18.1 Å². The van der Waals surface area contributed by atoms with Gasteiger partial charge in [-0.3, -0.25) is 5.41 Å². The van der Waals surface area contributed by atoms with Crippen molar-refractivity contribution in [3.63, 3.8) is 0 Å². The minimum atomic E-state index is 0.0888. The molecule has 0 aromatic heterocycles. The number of nitrogens with two attached hydrogens (primary N) is 1. The van der Waals surface area contributed by atoms with Crippen molar-refractivity contribution in [1.82, 2.24) is 0 Å². The molecule has 0 spiro atoms. The van der Waals surface area contributed by atoms with Gasteiger partial charge in [-0.25, -0.2) is 0 Å². The van der Waals surface area contributed by atoms with Crippen LogP contribution in [0.4, 0.5) is 0 Å². The van der Waals surface area contributed by atoms with Crippen LogP contribution in [0.2, 0.25) is 0 Å². The summed E-state index contributed by atoms with van der Waals surface area (Å²) in [7, 11) is 0. The van der Waals surface area contributed by atoms with Gasteiger partial charge >= 0.3 is 0 Å². The Kier molecular flexibility index (Phi) is 5.78. The SMILES string of the molecule is CCSCCCOc1ccc(C(=N)N)cc1. The smallest absolute Gasteiger partial charge is 0.122 e. The maximum Gasteiger partial charge on any atom is 0.122 e. The number of hydrogen-bond acceptors (Lipinski definition) is 3. The number of ether oxygens (including phenoxy) is 1. The van der Waals surface area contributed by atoms with Gasteiger partial charge in [-0.2, -0.15) is 11.8 Å². The molecule has 0 bridgehead atoms. The minimum Gasteiger partial charge on any atom is -0.494 e. The lowest BCUT2D eigenvalue weighted by Crippen LogP contribution is -2.10. The van der Waals surface area contributed by atoms with Crippen LogP contribution in [0.3, 0.4) is 0 Å². The Morgan fingerprint density at radius 3 is 2.62 bits per heavy atom. The molecule has 1 aromatic rings. The Balaban J connectivity index is 2.29. The molecule has 88 valence electrons. The topological polar surface area (TPSA) is 59.1 Å². The maximum absolute atomic E-state index is 7.25. The summed E-state index contributed by atoms with van der Waals surface area (Å²) in [5.41, 5.74) is 6.09. The van der Waals surface area contributed by atoms with Crippen LogP contribution in [0.1, 0.15) is 18.9 Å². The molecule has 3 nitrogen and oxygen atoms in total. The summed E-state index contributed by atoms with van der Waals surface area (Å²) >= 11 is 1.92. The Bertz CT molecular complexity index is 324. The van der Waals surface area contributed by atoms with Gasteiger partial charge in [0.1, 0.15) is 11.6 Å². The first-order valence-electron chi connectivity index (χ1n) is 5.39. The molecule has 0 saturated heterocycles. The molecule has 0 aliphatic rings. The predicted octanol–water partition coefficient (Wildman–Crippen LogP) is 2.49. The van der Waals surface area contributed by atoms with Gasteiger partial charge in [-0.15, -0.1) is 0 Å². The largest absolute Gasteiger partial charge is 0.494 e. The first-order chi connectivity index (χ1) is 7.74. The minimum absolute atomic E-state index is 0.0888. The van der Waals surface area contributed by atoms with E-state index < -0.39 is 0 Å². The molecule has 1 rings (SSSR count). The van der Waals surface area contributed by atoms with E-state index in [1.54, 1.807) is 12.1 Å². The Morgan fingerprint density at radius 1 is 1.38 bits per heavy atom. The average Bonchev–Trinajstić information content (AvgIpc) is 2.29. The lowest BCUT2D eigenvalue weighted by Gasteiger charge is -2.06. The van der Waals surface area contributed by atoms with E-state index >= 15 is 0 Å². The highest BCUT2D eigenvalue weighted by atomic mass is 32.2. The number of benzene rings is 1. The summed E-state index contributed by atoms with van der Waals surface area (Å²) in [6.07, 6.45) is 1.06. The van der Waals surface area contributed by atoms with Crippen molar-refractivity contribution < 1.29 is 4.74 Å². The van der Waals surface area contributed by atoms with Crippen LogP contribution in [0.5, 0.6) is 5.75 Å². The molecule has 0 heterocycles. The number of nitrogens with one attached hydrogen (secondary N) is 1. The van der Waals surface area contributed by atoms with Gasteiger partial charge in [0, 0.05) is 5.56 Å². The first kappa shape index (κ1) is 12.9. The number of thioether (sulfide) groups is 1. The molecule has 0 unspecified atom stereocenters. The van der Waals surface area contributed by atoms with Gasteiger partial charge < -0.3 is 10.5 Å². The monoisotopic (exact) mass is 238 g/mol. The molecule has 0 atom stereocenters. The van der Waals surface area contributed by atoms with Gasteiger partial charge in [0.05, 0.1) is 6.61 Å². The molecule has 16 heavy (non-hydrogen) atoms. The number of rotatable bonds is 7. The summed E-state index contributed by atoms with van der Waals surface area (Å²) in [5, 5.41) is 7.25. The van der Waals surface area contributed by atoms with Gasteiger partial charge in [0.15, 0.2) is 0 Å². The van der Waals surface area contributed by atoms with Crippen molar-refractivity contribution in [3.05, 3.63) is 29.8 Å². The quantitative estimate of drug-likeness (QED) is 0.436. The summed E-state index contributed by atoms with van der Waals surface area (Å²) < 4.78 is 5.56. The Hall–Kier alpha value is -1.16. The fourth-order valence-electron chi connectivity index (χ4n) is 1.23. The third kappa shape index (κ3) is 4.57. The van der Waals surface area contributed by atoms with E-state index in [0.717, 1.165) is 35.8 Å². The molecule has 4 heteroatoms. The molecule has 0 aliphatic carbocycles. The fraction of sp³-hybridized carbons (Fsp3) is 0.417. The van der Waals surface area contributed by atoms with Crippen molar-refractivity contribution in [2.45, 2.75) is 13.3 Å². The van der Waals surface area contributed by atoms with E-state index in [-0.39, 0.29) is 5.84 Å². The molecule has 0 amide bonds. The van der Waals surface area contributed by atoms with Crippen LogP contribution in [0.25, 0.3) is 0 Å². The molecule has 1 aromatic carbocycles. The Labute approximate surface area is 101 Å². The summed E-state index contributed by atoms with van der Waals surface area (Å²) in [5.74, 6) is 3.23. The van der Waals surface area contributed by atoms with Crippen molar-refractivity contribution in [3.8, 4) is 5.75 Å². The summed E-state index contributed by atoms with van der Waals surface area (Å²) in [6, 6.07) is 7.31. The lowest BCUT2D eigenvalue weighted by atomic mass is 10.2. The van der Waals surface area contributed by atoms with Crippen molar-refractivity contribution >= 4 is 17.6 Å². The van der Waals surface area contributed by atoms with E-state index in [1.807, 2.05) is 23.9 Å². The van der Waals surface area contributed by atoms with Gasteiger partial charge in [0.25, 0.3) is 0 Å². The number of amidine groups is 1. The third-order valence-corrected chi connectivity index (χ3v) is 3.06. The third-order valence-electron chi connectivity index (χ3n) is 2.07.